The number of nitrogens with zero attached hydrogens (tertiary/aromatic N) is 3. The highest BCUT2D eigenvalue weighted by molar-refractivity contribution is 5.86. The summed E-state index contributed by atoms with van der Waals surface area (Å²) in [5.41, 5.74) is 8.72. The lowest BCUT2D eigenvalue weighted by atomic mass is 10.1. The van der Waals surface area contributed by atoms with Gasteiger partial charge >= 0.3 is 0 Å². The van der Waals surface area contributed by atoms with Crippen LogP contribution in [0.25, 0.3) is 10.9 Å². The van der Waals surface area contributed by atoms with E-state index in [1.165, 1.54) is 22.2 Å². The monoisotopic (exact) mass is 360 g/mol. The average molecular weight is 360 g/mol. The summed E-state index contributed by atoms with van der Waals surface area (Å²) in [6.45, 7) is 7.67. The third-order valence-electron chi connectivity index (χ3n) is 4.91. The summed E-state index contributed by atoms with van der Waals surface area (Å²) < 4.78 is 5.41. The second kappa shape index (κ2) is 7.76. The Balaban J connectivity index is 1.46. The number of rotatable bonds is 4. The number of pyridine rings is 1. The fourth-order valence-corrected chi connectivity index (χ4v) is 3.38. The summed E-state index contributed by atoms with van der Waals surface area (Å²) in [6.07, 6.45) is 1.82. The highest BCUT2D eigenvalue weighted by Crippen LogP contribution is 2.22. The standard InChI is InChI=1S/C22H24N4O/c1-16-4-3-5-20-17(2)14-21(24-22(16)20)25-23-15-18-6-8-19(9-7-18)26-10-12-27-13-11-26/h3-9,14-15H,10-13H2,1-2H3,(H,24,25)/b23-15-. The van der Waals surface area contributed by atoms with E-state index < -0.39 is 0 Å². The summed E-state index contributed by atoms with van der Waals surface area (Å²) in [4.78, 5) is 7.04. The molecule has 4 rings (SSSR count). The first-order valence-corrected chi connectivity index (χ1v) is 9.29. The number of hydrogen-bond acceptors (Lipinski definition) is 5. The second-order valence-electron chi connectivity index (χ2n) is 6.86. The first kappa shape index (κ1) is 17.5. The predicted octanol–water partition coefficient (Wildman–Crippen LogP) is 4.13. The molecule has 138 valence electrons. The number of ether oxygens (including phenoxy) is 1. The summed E-state index contributed by atoms with van der Waals surface area (Å²) in [7, 11) is 0. The molecule has 1 fully saturated rings. The number of nitrogens with one attached hydrogen (secondary N) is 1. The molecule has 0 unspecified atom stereocenters. The molecule has 27 heavy (non-hydrogen) atoms. The van der Waals surface area contributed by atoms with Crippen LogP contribution >= 0.6 is 0 Å². The highest BCUT2D eigenvalue weighted by Gasteiger charge is 2.10. The van der Waals surface area contributed by atoms with Crippen molar-refractivity contribution >= 4 is 28.6 Å². The van der Waals surface area contributed by atoms with Gasteiger partial charge in [0.15, 0.2) is 0 Å². The fraction of sp³-hybridized carbons (Fsp3) is 0.273. The molecule has 2 heterocycles. The molecule has 0 amide bonds. The topological polar surface area (TPSA) is 49.8 Å². The van der Waals surface area contributed by atoms with Crippen molar-refractivity contribution < 1.29 is 4.74 Å². The summed E-state index contributed by atoms with van der Waals surface area (Å²) in [6, 6.07) is 16.7. The SMILES string of the molecule is Cc1cc(N/N=C\c2ccc(N3CCOCC3)cc2)nc2c(C)cccc12. The van der Waals surface area contributed by atoms with Gasteiger partial charge in [-0.3, -0.25) is 5.43 Å². The summed E-state index contributed by atoms with van der Waals surface area (Å²) in [5, 5.41) is 5.54. The Kier molecular flexibility index (Phi) is 5.03. The Morgan fingerprint density at radius 2 is 1.81 bits per heavy atom. The molecule has 5 heteroatoms. The molecule has 5 nitrogen and oxygen atoms in total. The fourth-order valence-electron chi connectivity index (χ4n) is 3.38. The number of fused-ring (bicyclic) bond motifs is 1. The van der Waals surface area contributed by atoms with Crippen molar-refractivity contribution in [2.24, 2.45) is 5.10 Å². The van der Waals surface area contributed by atoms with E-state index in [0.29, 0.717) is 0 Å². The lowest BCUT2D eigenvalue weighted by Gasteiger charge is -2.28. The van der Waals surface area contributed by atoms with Gasteiger partial charge in [-0.15, -0.1) is 0 Å². The number of hydrazone groups is 1. The summed E-state index contributed by atoms with van der Waals surface area (Å²) >= 11 is 0. The first-order valence-electron chi connectivity index (χ1n) is 9.29. The number of aryl methyl sites for hydroxylation is 2. The van der Waals surface area contributed by atoms with Crippen molar-refractivity contribution in [2.45, 2.75) is 13.8 Å². The van der Waals surface area contributed by atoms with Crippen LogP contribution in [0.2, 0.25) is 0 Å². The van der Waals surface area contributed by atoms with Gasteiger partial charge in [-0.05, 0) is 48.7 Å². The number of aromatic nitrogens is 1. The number of morpholine rings is 1. The van der Waals surface area contributed by atoms with Gasteiger partial charge in [0.25, 0.3) is 0 Å². The smallest absolute Gasteiger partial charge is 0.147 e. The molecule has 1 saturated heterocycles. The van der Waals surface area contributed by atoms with Crippen LogP contribution in [-0.4, -0.2) is 37.5 Å². The maximum Gasteiger partial charge on any atom is 0.147 e. The van der Waals surface area contributed by atoms with Gasteiger partial charge in [0, 0.05) is 24.2 Å². The van der Waals surface area contributed by atoms with E-state index in [1.807, 2.05) is 12.3 Å². The van der Waals surface area contributed by atoms with E-state index in [0.717, 1.165) is 43.2 Å². The lowest BCUT2D eigenvalue weighted by molar-refractivity contribution is 0.122. The molecule has 1 N–H and O–H groups in total. The van der Waals surface area contributed by atoms with E-state index in [-0.39, 0.29) is 0 Å². The van der Waals surface area contributed by atoms with Gasteiger partial charge in [0.05, 0.1) is 24.9 Å². The minimum Gasteiger partial charge on any atom is -0.378 e. The number of anilines is 2. The van der Waals surface area contributed by atoms with Gasteiger partial charge in [0.2, 0.25) is 0 Å². The van der Waals surface area contributed by atoms with E-state index in [2.05, 4.69) is 71.7 Å². The molecular weight excluding hydrogens is 336 g/mol. The predicted molar refractivity (Wildman–Crippen MR) is 112 cm³/mol. The zero-order chi connectivity index (χ0) is 18.6. The van der Waals surface area contributed by atoms with Gasteiger partial charge in [0.1, 0.15) is 5.82 Å². The average Bonchev–Trinajstić information content (AvgIpc) is 2.70. The molecule has 3 aromatic rings. The highest BCUT2D eigenvalue weighted by atomic mass is 16.5. The van der Waals surface area contributed by atoms with Crippen LogP contribution in [0.5, 0.6) is 0 Å². The maximum atomic E-state index is 5.41. The third-order valence-corrected chi connectivity index (χ3v) is 4.91. The molecule has 1 aliphatic heterocycles. The van der Waals surface area contributed by atoms with Crippen molar-refractivity contribution in [3.8, 4) is 0 Å². The van der Waals surface area contributed by atoms with Crippen molar-refractivity contribution in [1.29, 1.82) is 0 Å². The Hall–Kier alpha value is -2.92. The quantitative estimate of drug-likeness (QED) is 0.561. The molecule has 0 aliphatic carbocycles. The Bertz CT molecular complexity index is 960. The lowest BCUT2D eigenvalue weighted by Crippen LogP contribution is -2.36. The van der Waals surface area contributed by atoms with Gasteiger partial charge in [-0.2, -0.15) is 5.10 Å². The van der Waals surface area contributed by atoms with Crippen LogP contribution in [0.1, 0.15) is 16.7 Å². The number of para-hydroxylation sites is 1. The molecule has 1 aliphatic rings. The van der Waals surface area contributed by atoms with Crippen molar-refractivity contribution in [3.05, 3.63) is 65.2 Å². The van der Waals surface area contributed by atoms with E-state index >= 15 is 0 Å². The molecule has 1 aromatic heterocycles. The van der Waals surface area contributed by atoms with Crippen LogP contribution in [0.4, 0.5) is 11.5 Å². The van der Waals surface area contributed by atoms with Crippen LogP contribution in [0, 0.1) is 13.8 Å². The number of hydrogen-bond donors (Lipinski definition) is 1. The Labute approximate surface area is 159 Å². The molecule has 0 radical (unpaired) electrons. The van der Waals surface area contributed by atoms with Gasteiger partial charge in [-0.25, -0.2) is 4.98 Å². The maximum absolute atomic E-state index is 5.41. The number of benzene rings is 2. The zero-order valence-electron chi connectivity index (χ0n) is 15.8. The van der Waals surface area contributed by atoms with Crippen LogP contribution < -0.4 is 10.3 Å². The third kappa shape index (κ3) is 3.93. The van der Waals surface area contributed by atoms with Crippen LogP contribution in [0.15, 0.2) is 53.6 Å². The molecule has 0 bridgehead atoms. The van der Waals surface area contributed by atoms with Gasteiger partial charge < -0.3 is 9.64 Å². The largest absolute Gasteiger partial charge is 0.378 e. The van der Waals surface area contributed by atoms with Crippen LogP contribution in [-0.2, 0) is 4.74 Å². The molecule has 0 spiro atoms. The van der Waals surface area contributed by atoms with E-state index in [9.17, 15) is 0 Å². The molecule has 0 saturated carbocycles. The molecule has 0 atom stereocenters. The normalized spacial score (nSPS) is 14.8. The molecular formula is C22H24N4O. The zero-order valence-corrected chi connectivity index (χ0v) is 15.8. The summed E-state index contributed by atoms with van der Waals surface area (Å²) in [5.74, 6) is 0.760. The van der Waals surface area contributed by atoms with Gasteiger partial charge in [-0.1, -0.05) is 30.3 Å². The van der Waals surface area contributed by atoms with E-state index in [1.54, 1.807) is 0 Å². The van der Waals surface area contributed by atoms with Crippen molar-refractivity contribution in [1.82, 2.24) is 4.98 Å². The Morgan fingerprint density at radius 1 is 1.04 bits per heavy atom. The van der Waals surface area contributed by atoms with Crippen molar-refractivity contribution in [3.63, 3.8) is 0 Å². The van der Waals surface area contributed by atoms with Crippen LogP contribution in [0.3, 0.4) is 0 Å². The van der Waals surface area contributed by atoms with E-state index in [4.69, 9.17) is 9.72 Å². The Morgan fingerprint density at radius 3 is 2.59 bits per heavy atom. The first-order chi connectivity index (χ1) is 13.2. The van der Waals surface area contributed by atoms with Crippen molar-refractivity contribution in [2.75, 3.05) is 36.6 Å². The molecule has 2 aromatic carbocycles. The minimum atomic E-state index is 0.760. The second-order valence-corrected chi connectivity index (χ2v) is 6.86. The minimum absolute atomic E-state index is 0.760.